The lowest BCUT2D eigenvalue weighted by Crippen LogP contribution is -2.44. The molecule has 7 heteroatoms. The number of carbonyl (C=O) groups excluding carboxylic acids is 2. The molecule has 0 fully saturated rings. The van der Waals surface area contributed by atoms with E-state index in [1.54, 1.807) is 14.2 Å². The van der Waals surface area contributed by atoms with Gasteiger partial charge in [-0.15, -0.1) is 0 Å². The van der Waals surface area contributed by atoms with Crippen LogP contribution >= 0.6 is 11.6 Å². The summed E-state index contributed by atoms with van der Waals surface area (Å²) in [6, 6.07) is 3.74. The maximum absolute atomic E-state index is 13.9. The summed E-state index contributed by atoms with van der Waals surface area (Å²) in [5, 5.41) is 0.409. The summed E-state index contributed by atoms with van der Waals surface area (Å²) in [7, 11) is 3.28. The summed E-state index contributed by atoms with van der Waals surface area (Å²) >= 11 is 6.77. The van der Waals surface area contributed by atoms with Gasteiger partial charge >= 0.3 is 0 Å². The van der Waals surface area contributed by atoms with Crippen molar-refractivity contribution in [3.63, 3.8) is 0 Å². The minimum absolute atomic E-state index is 0.0875. The largest absolute Gasteiger partial charge is 0.493 e. The van der Waals surface area contributed by atoms with Crippen LogP contribution in [0.15, 0.2) is 34.7 Å². The van der Waals surface area contributed by atoms with Crippen LogP contribution in [0.5, 0.6) is 11.5 Å². The summed E-state index contributed by atoms with van der Waals surface area (Å²) in [6.45, 7) is 13.8. The number of ketones is 2. The zero-order chi connectivity index (χ0) is 28.0. The molecule has 0 bridgehead atoms. The van der Waals surface area contributed by atoms with Crippen LogP contribution in [0, 0.1) is 10.8 Å². The highest BCUT2D eigenvalue weighted by Gasteiger charge is 2.49. The number of rotatable bonds is 8. The molecular weight excluding hydrogens is 502 g/mol. The number of methoxy groups -OCH3 is 2. The second-order valence-electron chi connectivity index (χ2n) is 12.7. The van der Waals surface area contributed by atoms with Crippen LogP contribution in [0.25, 0.3) is 0 Å². The van der Waals surface area contributed by atoms with Gasteiger partial charge in [0, 0.05) is 61.6 Å². The minimum Gasteiger partial charge on any atom is -0.493 e. The standard InChI is InChI=1S/C31H42ClNO5/c1-18(2)38-29-20(32)12-19(13-25(29)37-8)26-27-21(14-30(3,4)16-23(27)34)33(10-9-11-36-7)22-15-31(5,6)17-24(35)28(22)26/h12-13,18,26H,9-11,14-17H2,1-8H3. The predicted octanol–water partition coefficient (Wildman–Crippen LogP) is 6.86. The van der Waals surface area contributed by atoms with Crippen molar-refractivity contribution in [3.05, 3.63) is 45.3 Å². The molecule has 1 aromatic carbocycles. The van der Waals surface area contributed by atoms with Crippen molar-refractivity contribution in [2.75, 3.05) is 27.4 Å². The maximum Gasteiger partial charge on any atom is 0.180 e. The molecule has 2 aliphatic carbocycles. The van der Waals surface area contributed by atoms with Crippen molar-refractivity contribution in [1.82, 2.24) is 4.90 Å². The van der Waals surface area contributed by atoms with Crippen molar-refractivity contribution >= 4 is 23.2 Å². The van der Waals surface area contributed by atoms with Gasteiger partial charge in [-0.05, 0) is 61.6 Å². The van der Waals surface area contributed by atoms with E-state index in [4.69, 9.17) is 25.8 Å². The molecule has 1 heterocycles. The molecule has 0 N–H and O–H groups in total. The lowest BCUT2D eigenvalue weighted by molar-refractivity contribution is -0.119. The minimum atomic E-state index is -0.481. The number of halogens is 1. The van der Waals surface area contributed by atoms with Gasteiger partial charge in [-0.1, -0.05) is 39.3 Å². The van der Waals surface area contributed by atoms with E-state index in [-0.39, 0.29) is 28.5 Å². The van der Waals surface area contributed by atoms with E-state index >= 15 is 0 Å². The first-order valence-electron chi connectivity index (χ1n) is 13.6. The highest BCUT2D eigenvalue weighted by molar-refractivity contribution is 6.32. The first-order valence-corrected chi connectivity index (χ1v) is 14.0. The Kier molecular flexibility index (Phi) is 8.07. The first kappa shape index (κ1) is 28.7. The highest BCUT2D eigenvalue weighted by atomic mass is 35.5. The Labute approximate surface area is 232 Å². The fourth-order valence-electron chi connectivity index (χ4n) is 6.27. The smallest absolute Gasteiger partial charge is 0.180 e. The average Bonchev–Trinajstić information content (AvgIpc) is 2.79. The summed E-state index contributed by atoms with van der Waals surface area (Å²) in [4.78, 5) is 30.1. The Morgan fingerprint density at radius 3 is 1.97 bits per heavy atom. The zero-order valence-electron chi connectivity index (χ0n) is 24.1. The van der Waals surface area contributed by atoms with Crippen molar-refractivity contribution in [2.45, 2.75) is 85.7 Å². The number of allylic oxidation sites excluding steroid dienone is 4. The van der Waals surface area contributed by atoms with Crippen molar-refractivity contribution in [2.24, 2.45) is 10.8 Å². The Balaban J connectivity index is 1.97. The summed E-state index contributed by atoms with van der Waals surface area (Å²) in [5.41, 5.74) is 3.98. The molecule has 1 aliphatic heterocycles. The predicted molar refractivity (Wildman–Crippen MR) is 150 cm³/mol. The van der Waals surface area contributed by atoms with Gasteiger partial charge in [-0.2, -0.15) is 0 Å². The third-order valence-electron chi connectivity index (χ3n) is 7.69. The van der Waals surface area contributed by atoms with E-state index < -0.39 is 5.92 Å². The monoisotopic (exact) mass is 543 g/mol. The lowest BCUT2D eigenvalue weighted by atomic mass is 9.63. The van der Waals surface area contributed by atoms with Gasteiger partial charge in [0.25, 0.3) is 0 Å². The van der Waals surface area contributed by atoms with Gasteiger partial charge in [0.15, 0.2) is 23.1 Å². The maximum atomic E-state index is 13.9. The van der Waals surface area contributed by atoms with Gasteiger partial charge in [-0.3, -0.25) is 9.59 Å². The van der Waals surface area contributed by atoms with E-state index in [2.05, 4.69) is 32.6 Å². The number of ether oxygens (including phenoxy) is 3. The molecule has 0 atom stereocenters. The topological polar surface area (TPSA) is 65.1 Å². The molecule has 208 valence electrons. The number of nitrogens with zero attached hydrogens (tertiary/aromatic N) is 1. The number of benzene rings is 1. The number of hydrogen-bond acceptors (Lipinski definition) is 6. The molecule has 0 unspecified atom stereocenters. The number of hydrogen-bond donors (Lipinski definition) is 0. The van der Waals surface area contributed by atoms with Gasteiger partial charge in [0.2, 0.25) is 0 Å². The van der Waals surface area contributed by atoms with E-state index in [0.29, 0.717) is 42.5 Å². The van der Waals surface area contributed by atoms with Crippen LogP contribution < -0.4 is 9.47 Å². The highest BCUT2D eigenvalue weighted by Crippen LogP contribution is 2.55. The molecule has 0 saturated carbocycles. The second kappa shape index (κ2) is 10.7. The summed E-state index contributed by atoms with van der Waals surface area (Å²) < 4.78 is 17.0. The van der Waals surface area contributed by atoms with E-state index in [1.165, 1.54) is 0 Å². The van der Waals surface area contributed by atoms with Crippen molar-refractivity contribution in [1.29, 1.82) is 0 Å². The fraction of sp³-hybridized carbons (Fsp3) is 0.613. The molecular formula is C31H42ClNO5. The van der Waals surface area contributed by atoms with Crippen LogP contribution in [0.4, 0.5) is 0 Å². The Bertz CT molecular complexity index is 1140. The van der Waals surface area contributed by atoms with Crippen LogP contribution in [0.1, 0.15) is 85.1 Å². The third-order valence-corrected chi connectivity index (χ3v) is 7.97. The van der Waals surface area contributed by atoms with Crippen LogP contribution in [-0.2, 0) is 14.3 Å². The molecule has 0 spiro atoms. The number of carbonyl (C=O) groups is 2. The molecule has 4 rings (SSSR count). The lowest BCUT2D eigenvalue weighted by Gasteiger charge is -2.49. The Morgan fingerprint density at radius 1 is 0.947 bits per heavy atom. The van der Waals surface area contributed by atoms with E-state index in [9.17, 15) is 9.59 Å². The zero-order valence-corrected chi connectivity index (χ0v) is 24.9. The third kappa shape index (κ3) is 5.53. The molecule has 6 nitrogen and oxygen atoms in total. The van der Waals surface area contributed by atoms with Crippen LogP contribution in [0.3, 0.4) is 0 Å². The van der Waals surface area contributed by atoms with E-state index in [0.717, 1.165) is 47.4 Å². The average molecular weight is 544 g/mol. The van der Waals surface area contributed by atoms with Crippen LogP contribution in [-0.4, -0.2) is 49.9 Å². The van der Waals surface area contributed by atoms with E-state index in [1.807, 2.05) is 26.0 Å². The first-order chi connectivity index (χ1) is 17.8. The summed E-state index contributed by atoms with van der Waals surface area (Å²) in [6.07, 6.45) is 3.13. The van der Waals surface area contributed by atoms with Crippen molar-refractivity contribution in [3.8, 4) is 11.5 Å². The Hall–Kier alpha value is -2.31. The Morgan fingerprint density at radius 2 is 1.50 bits per heavy atom. The van der Waals surface area contributed by atoms with Crippen LogP contribution in [0.2, 0.25) is 5.02 Å². The molecule has 3 aliphatic rings. The molecule has 0 saturated heterocycles. The summed E-state index contributed by atoms with van der Waals surface area (Å²) in [5.74, 6) is 0.686. The van der Waals surface area contributed by atoms with Gasteiger partial charge in [0.1, 0.15) is 0 Å². The SMILES string of the molecule is COCCCN1C2=C(C(=O)CC(C)(C)C2)C(c2cc(Cl)c(OC(C)C)c(OC)c2)C2=C1CC(C)(C)CC2=O. The van der Waals surface area contributed by atoms with Gasteiger partial charge in [-0.25, -0.2) is 0 Å². The molecule has 38 heavy (non-hydrogen) atoms. The van der Waals surface area contributed by atoms with Gasteiger partial charge < -0.3 is 19.1 Å². The second-order valence-corrected chi connectivity index (χ2v) is 13.1. The molecule has 0 amide bonds. The quantitative estimate of drug-likeness (QED) is 0.334. The fourth-order valence-corrected chi connectivity index (χ4v) is 6.54. The molecule has 1 aromatic rings. The van der Waals surface area contributed by atoms with Crippen molar-refractivity contribution < 1.29 is 23.8 Å². The van der Waals surface area contributed by atoms with Gasteiger partial charge in [0.05, 0.1) is 18.2 Å². The number of Topliss-reactive ketones (excluding diaryl/α,β-unsaturated/α-hetero) is 2. The molecule has 0 aromatic heterocycles. The molecule has 0 radical (unpaired) electrons. The normalized spacial score (nSPS) is 21.2.